The number of amides is 1. The van der Waals surface area contributed by atoms with Gasteiger partial charge >= 0.3 is 5.97 Å². The summed E-state index contributed by atoms with van der Waals surface area (Å²) in [7, 11) is 0. The van der Waals surface area contributed by atoms with Crippen LogP contribution in [0.3, 0.4) is 0 Å². The van der Waals surface area contributed by atoms with E-state index in [1.165, 1.54) is 11.3 Å². The van der Waals surface area contributed by atoms with Crippen molar-refractivity contribution in [3.63, 3.8) is 0 Å². The molecule has 0 atom stereocenters. The molecule has 4 nitrogen and oxygen atoms in total. The van der Waals surface area contributed by atoms with Crippen molar-refractivity contribution < 1.29 is 14.3 Å². The van der Waals surface area contributed by atoms with Gasteiger partial charge in [-0.1, -0.05) is 11.6 Å². The smallest absolute Gasteiger partial charge is 0.311 e. The topological polar surface area (TPSA) is 55.4 Å². The van der Waals surface area contributed by atoms with Crippen LogP contribution in [0.4, 0.5) is 0 Å². The van der Waals surface area contributed by atoms with Crippen LogP contribution >= 0.6 is 38.9 Å². The number of halogens is 2. The van der Waals surface area contributed by atoms with Crippen LogP contribution in [0, 0.1) is 0 Å². The minimum Gasteiger partial charge on any atom is -0.425 e. The molecular formula is C15H13BrClNO3S. The van der Waals surface area contributed by atoms with Gasteiger partial charge in [0.05, 0.1) is 4.47 Å². The molecule has 0 aliphatic carbocycles. The molecule has 0 radical (unpaired) electrons. The SMILES string of the molecule is O=C(CCCNC(=O)c1ccsc1)Oc1ccc(Cl)cc1Br. The first kappa shape index (κ1) is 17.0. The Labute approximate surface area is 145 Å². The molecule has 0 bridgehead atoms. The Morgan fingerprint density at radius 2 is 2.14 bits per heavy atom. The minimum atomic E-state index is -0.354. The van der Waals surface area contributed by atoms with E-state index in [4.69, 9.17) is 16.3 Å². The van der Waals surface area contributed by atoms with E-state index in [2.05, 4.69) is 21.2 Å². The summed E-state index contributed by atoms with van der Waals surface area (Å²) in [5, 5.41) is 6.94. The lowest BCUT2D eigenvalue weighted by molar-refractivity contribution is -0.134. The van der Waals surface area contributed by atoms with E-state index in [9.17, 15) is 9.59 Å². The molecule has 0 aliphatic heterocycles. The van der Waals surface area contributed by atoms with Gasteiger partial charge in [-0.3, -0.25) is 9.59 Å². The second-order valence-electron chi connectivity index (χ2n) is 4.42. The predicted molar refractivity (Wildman–Crippen MR) is 90.7 cm³/mol. The van der Waals surface area contributed by atoms with Crippen LogP contribution in [0.1, 0.15) is 23.2 Å². The molecule has 1 N–H and O–H groups in total. The van der Waals surface area contributed by atoms with E-state index < -0.39 is 0 Å². The van der Waals surface area contributed by atoms with Gasteiger partial charge in [0.25, 0.3) is 5.91 Å². The average molecular weight is 403 g/mol. The maximum atomic E-state index is 11.7. The summed E-state index contributed by atoms with van der Waals surface area (Å²) in [6.45, 7) is 0.422. The van der Waals surface area contributed by atoms with Gasteiger partial charge in [0.1, 0.15) is 5.75 Å². The molecule has 1 heterocycles. The van der Waals surface area contributed by atoms with Crippen molar-refractivity contribution in [2.24, 2.45) is 0 Å². The lowest BCUT2D eigenvalue weighted by Crippen LogP contribution is -2.24. The minimum absolute atomic E-state index is 0.130. The lowest BCUT2D eigenvalue weighted by atomic mass is 10.3. The van der Waals surface area contributed by atoms with E-state index in [0.717, 1.165) is 0 Å². The van der Waals surface area contributed by atoms with E-state index in [0.29, 0.717) is 33.8 Å². The monoisotopic (exact) mass is 401 g/mol. The van der Waals surface area contributed by atoms with Crippen LogP contribution in [-0.4, -0.2) is 18.4 Å². The molecule has 2 aromatic rings. The fourth-order valence-corrected chi connectivity index (χ4v) is 3.06. The van der Waals surface area contributed by atoms with Crippen molar-refractivity contribution in [2.75, 3.05) is 6.54 Å². The Kier molecular flexibility index (Phi) is 6.42. The summed E-state index contributed by atoms with van der Waals surface area (Å²) in [4.78, 5) is 23.4. The van der Waals surface area contributed by atoms with Gasteiger partial charge in [0.15, 0.2) is 0 Å². The van der Waals surface area contributed by atoms with Crippen molar-refractivity contribution in [1.29, 1.82) is 0 Å². The normalized spacial score (nSPS) is 10.3. The van der Waals surface area contributed by atoms with Gasteiger partial charge in [0.2, 0.25) is 0 Å². The zero-order valence-electron chi connectivity index (χ0n) is 11.5. The second-order valence-corrected chi connectivity index (χ2v) is 6.49. The highest BCUT2D eigenvalue weighted by Crippen LogP contribution is 2.28. The van der Waals surface area contributed by atoms with Crippen LogP contribution in [0.2, 0.25) is 5.02 Å². The van der Waals surface area contributed by atoms with Crippen LogP contribution in [-0.2, 0) is 4.79 Å². The third kappa shape index (κ3) is 5.12. The number of nitrogens with one attached hydrogen (secondary N) is 1. The van der Waals surface area contributed by atoms with Crippen molar-refractivity contribution in [3.8, 4) is 5.75 Å². The van der Waals surface area contributed by atoms with Crippen LogP contribution in [0.25, 0.3) is 0 Å². The van der Waals surface area contributed by atoms with Crippen LogP contribution < -0.4 is 10.1 Å². The first-order valence-electron chi connectivity index (χ1n) is 6.52. The Hall–Kier alpha value is -1.37. The zero-order valence-corrected chi connectivity index (χ0v) is 14.6. The first-order valence-corrected chi connectivity index (χ1v) is 8.64. The number of ether oxygens (including phenoxy) is 1. The molecule has 2 rings (SSSR count). The maximum Gasteiger partial charge on any atom is 0.311 e. The number of hydrogen-bond acceptors (Lipinski definition) is 4. The quantitative estimate of drug-likeness (QED) is 0.446. The fourth-order valence-electron chi connectivity index (χ4n) is 1.66. The molecule has 7 heteroatoms. The fraction of sp³-hybridized carbons (Fsp3) is 0.200. The molecular weight excluding hydrogens is 390 g/mol. The third-order valence-electron chi connectivity index (χ3n) is 2.74. The summed E-state index contributed by atoms with van der Waals surface area (Å²) >= 11 is 10.6. The molecule has 0 fully saturated rings. The highest BCUT2D eigenvalue weighted by Gasteiger charge is 2.09. The summed E-state index contributed by atoms with van der Waals surface area (Å²) in [6, 6.07) is 6.69. The molecule has 22 heavy (non-hydrogen) atoms. The van der Waals surface area contributed by atoms with Crippen molar-refractivity contribution in [3.05, 3.63) is 50.1 Å². The summed E-state index contributed by atoms with van der Waals surface area (Å²) in [5.41, 5.74) is 0.637. The van der Waals surface area contributed by atoms with Crippen molar-refractivity contribution in [2.45, 2.75) is 12.8 Å². The zero-order chi connectivity index (χ0) is 15.9. The number of benzene rings is 1. The van der Waals surface area contributed by atoms with E-state index in [1.807, 2.05) is 5.38 Å². The van der Waals surface area contributed by atoms with Gasteiger partial charge in [-0.2, -0.15) is 11.3 Å². The Morgan fingerprint density at radius 3 is 2.82 bits per heavy atom. The molecule has 116 valence electrons. The Balaban J connectivity index is 1.71. The predicted octanol–water partition coefficient (Wildman–Crippen LogP) is 4.28. The maximum absolute atomic E-state index is 11.7. The van der Waals surface area contributed by atoms with Crippen molar-refractivity contribution in [1.82, 2.24) is 5.32 Å². The van der Waals surface area contributed by atoms with E-state index in [-0.39, 0.29) is 18.3 Å². The second kappa shape index (κ2) is 8.31. The number of carbonyl (C=O) groups excluding carboxylic acids is 2. The van der Waals surface area contributed by atoms with Gasteiger partial charge in [0, 0.05) is 28.9 Å². The highest BCUT2D eigenvalue weighted by molar-refractivity contribution is 9.10. The summed E-state index contributed by atoms with van der Waals surface area (Å²) in [5.74, 6) is -0.0559. The number of esters is 1. The molecule has 0 saturated carbocycles. The Morgan fingerprint density at radius 1 is 1.32 bits per heavy atom. The van der Waals surface area contributed by atoms with Gasteiger partial charge in [-0.15, -0.1) is 0 Å². The molecule has 0 saturated heterocycles. The number of carbonyl (C=O) groups is 2. The van der Waals surface area contributed by atoms with E-state index >= 15 is 0 Å². The molecule has 0 spiro atoms. The summed E-state index contributed by atoms with van der Waals surface area (Å²) < 4.78 is 5.85. The number of hydrogen-bond donors (Lipinski definition) is 1. The molecule has 1 aromatic carbocycles. The molecule has 1 aromatic heterocycles. The summed E-state index contributed by atoms with van der Waals surface area (Å²) in [6.07, 6.45) is 0.735. The molecule has 0 unspecified atom stereocenters. The lowest BCUT2D eigenvalue weighted by Gasteiger charge is -2.07. The van der Waals surface area contributed by atoms with Crippen LogP contribution in [0.15, 0.2) is 39.5 Å². The average Bonchev–Trinajstić information content (AvgIpc) is 3.01. The first-order chi connectivity index (χ1) is 10.6. The van der Waals surface area contributed by atoms with Gasteiger partial charge < -0.3 is 10.1 Å². The van der Waals surface area contributed by atoms with E-state index in [1.54, 1.807) is 29.6 Å². The Bertz CT molecular complexity index is 661. The van der Waals surface area contributed by atoms with Gasteiger partial charge in [-0.25, -0.2) is 0 Å². The molecule has 0 aliphatic rings. The number of thiophene rings is 1. The highest BCUT2D eigenvalue weighted by atomic mass is 79.9. The van der Waals surface area contributed by atoms with Crippen LogP contribution in [0.5, 0.6) is 5.75 Å². The third-order valence-corrected chi connectivity index (χ3v) is 4.28. The van der Waals surface area contributed by atoms with Gasteiger partial charge in [-0.05, 0) is 52.0 Å². The number of rotatable bonds is 6. The van der Waals surface area contributed by atoms with Crippen molar-refractivity contribution >= 4 is 50.7 Å². The largest absolute Gasteiger partial charge is 0.425 e. The molecule has 1 amide bonds. The standard InChI is InChI=1S/C15H13BrClNO3S/c16-12-8-11(17)3-4-13(12)21-14(19)2-1-6-18-15(20)10-5-7-22-9-10/h3-5,7-9H,1-2,6H2,(H,18,20).